The van der Waals surface area contributed by atoms with Crippen LogP contribution in [0.5, 0.6) is 0 Å². The van der Waals surface area contributed by atoms with Gasteiger partial charge in [-0.25, -0.2) is 4.79 Å². The first-order valence-corrected chi connectivity index (χ1v) is 8.02. The summed E-state index contributed by atoms with van der Waals surface area (Å²) < 4.78 is 0. The van der Waals surface area contributed by atoms with Crippen molar-refractivity contribution in [3.63, 3.8) is 0 Å². The van der Waals surface area contributed by atoms with Crippen molar-refractivity contribution in [2.45, 2.75) is 58.0 Å². The number of hydrogen-bond donors (Lipinski definition) is 3. The molecule has 0 heterocycles. The van der Waals surface area contributed by atoms with Crippen molar-refractivity contribution in [2.75, 3.05) is 5.32 Å². The first-order valence-electron chi connectivity index (χ1n) is 8.02. The van der Waals surface area contributed by atoms with E-state index < -0.39 is 6.03 Å². The Kier molecular flexibility index (Phi) is 5.62. The van der Waals surface area contributed by atoms with Gasteiger partial charge in [0, 0.05) is 17.8 Å². The molecule has 0 radical (unpaired) electrons. The lowest BCUT2D eigenvalue weighted by atomic mass is 9.82. The van der Waals surface area contributed by atoms with E-state index in [1.54, 1.807) is 0 Å². The van der Waals surface area contributed by atoms with Gasteiger partial charge in [0.05, 0.1) is 0 Å². The third-order valence-corrected chi connectivity index (χ3v) is 4.58. The molecule has 0 aromatic heterocycles. The minimum absolute atomic E-state index is 0.324. The van der Waals surface area contributed by atoms with Crippen LogP contribution in [0, 0.1) is 5.92 Å². The van der Waals surface area contributed by atoms with Crippen molar-refractivity contribution in [2.24, 2.45) is 11.7 Å². The van der Waals surface area contributed by atoms with Crippen molar-refractivity contribution in [3.8, 4) is 0 Å². The SMILES string of the molecule is CCC1CCCCC1NC(C)c1ccc(NC(N)=O)cc1. The molecule has 0 aliphatic heterocycles. The molecule has 3 atom stereocenters. The zero-order valence-electron chi connectivity index (χ0n) is 13.1. The molecule has 1 saturated carbocycles. The Morgan fingerprint density at radius 1 is 1.29 bits per heavy atom. The summed E-state index contributed by atoms with van der Waals surface area (Å²) in [5, 5.41) is 6.37. The summed E-state index contributed by atoms with van der Waals surface area (Å²) in [4.78, 5) is 10.8. The number of primary amides is 1. The maximum absolute atomic E-state index is 10.8. The molecule has 0 saturated heterocycles. The number of hydrogen-bond acceptors (Lipinski definition) is 2. The van der Waals surface area contributed by atoms with Crippen LogP contribution in [0.2, 0.25) is 0 Å². The first kappa shape index (κ1) is 15.8. The van der Waals surface area contributed by atoms with E-state index in [2.05, 4.69) is 24.5 Å². The van der Waals surface area contributed by atoms with Crippen LogP contribution in [0.25, 0.3) is 0 Å². The van der Waals surface area contributed by atoms with Crippen molar-refractivity contribution < 1.29 is 4.79 Å². The maximum Gasteiger partial charge on any atom is 0.316 e. The lowest BCUT2D eigenvalue weighted by Gasteiger charge is -2.34. The van der Waals surface area contributed by atoms with Crippen molar-refractivity contribution >= 4 is 11.7 Å². The Balaban J connectivity index is 1.95. The Morgan fingerprint density at radius 2 is 1.95 bits per heavy atom. The average molecular weight is 289 g/mol. The molecule has 2 amide bonds. The first-order chi connectivity index (χ1) is 10.1. The second-order valence-electron chi connectivity index (χ2n) is 6.06. The molecule has 4 heteroatoms. The number of nitrogens with one attached hydrogen (secondary N) is 2. The topological polar surface area (TPSA) is 67.2 Å². The molecule has 4 N–H and O–H groups in total. The Morgan fingerprint density at radius 3 is 2.57 bits per heavy atom. The fourth-order valence-corrected chi connectivity index (χ4v) is 3.33. The predicted molar refractivity (Wildman–Crippen MR) is 87.2 cm³/mol. The number of rotatable bonds is 5. The van der Waals surface area contributed by atoms with Crippen molar-refractivity contribution in [1.82, 2.24) is 5.32 Å². The maximum atomic E-state index is 10.8. The van der Waals surface area contributed by atoms with Crippen LogP contribution in [0.15, 0.2) is 24.3 Å². The summed E-state index contributed by atoms with van der Waals surface area (Å²) in [7, 11) is 0. The summed E-state index contributed by atoms with van der Waals surface area (Å²) in [6.45, 7) is 4.50. The highest BCUT2D eigenvalue weighted by atomic mass is 16.2. The van der Waals surface area contributed by atoms with E-state index in [1.807, 2.05) is 24.3 Å². The standard InChI is InChI=1S/C17H27N3O/c1-3-13-6-4-5-7-16(13)19-12(2)14-8-10-15(11-9-14)20-17(18)21/h8-13,16,19H,3-7H2,1-2H3,(H3,18,20,21). The van der Waals surface area contributed by atoms with Crippen molar-refractivity contribution in [1.29, 1.82) is 0 Å². The van der Waals surface area contributed by atoms with E-state index in [9.17, 15) is 4.79 Å². The molecule has 1 fully saturated rings. The second-order valence-corrected chi connectivity index (χ2v) is 6.06. The number of amides is 2. The molecule has 4 nitrogen and oxygen atoms in total. The molecule has 1 aromatic carbocycles. The van der Waals surface area contributed by atoms with Gasteiger partial charge in [-0.3, -0.25) is 0 Å². The number of anilines is 1. The minimum Gasteiger partial charge on any atom is -0.351 e. The minimum atomic E-state index is -0.526. The van der Waals surface area contributed by atoms with Crippen LogP contribution in [0.3, 0.4) is 0 Å². The van der Waals surface area contributed by atoms with E-state index in [1.165, 1.54) is 37.7 Å². The lowest BCUT2D eigenvalue weighted by Crippen LogP contribution is -2.39. The highest BCUT2D eigenvalue weighted by molar-refractivity contribution is 5.87. The van der Waals surface area contributed by atoms with Gasteiger partial charge in [0.15, 0.2) is 0 Å². The van der Waals surface area contributed by atoms with Crippen molar-refractivity contribution in [3.05, 3.63) is 29.8 Å². The monoisotopic (exact) mass is 289 g/mol. The second kappa shape index (κ2) is 7.46. The molecule has 1 aliphatic carbocycles. The van der Waals surface area contributed by atoms with E-state index in [4.69, 9.17) is 5.73 Å². The van der Waals surface area contributed by atoms with Crippen LogP contribution in [0.4, 0.5) is 10.5 Å². The molecule has 3 unspecified atom stereocenters. The van der Waals surface area contributed by atoms with E-state index in [0.717, 1.165) is 11.6 Å². The number of carbonyl (C=O) groups is 1. The van der Waals surface area contributed by atoms with Gasteiger partial charge in [-0.15, -0.1) is 0 Å². The molecule has 2 rings (SSSR count). The summed E-state index contributed by atoms with van der Waals surface area (Å²) in [5.74, 6) is 0.803. The Bertz CT molecular complexity index is 458. The third kappa shape index (κ3) is 4.46. The fraction of sp³-hybridized carbons (Fsp3) is 0.588. The van der Waals surface area contributed by atoms with Gasteiger partial charge in [-0.05, 0) is 43.4 Å². The van der Waals surface area contributed by atoms with Gasteiger partial charge in [0.2, 0.25) is 0 Å². The van der Waals surface area contributed by atoms with Crippen LogP contribution in [0.1, 0.15) is 57.6 Å². The normalized spacial score (nSPS) is 23.5. The van der Waals surface area contributed by atoms with E-state index in [0.29, 0.717) is 12.1 Å². The highest BCUT2D eigenvalue weighted by Gasteiger charge is 2.24. The number of urea groups is 1. The predicted octanol–water partition coefficient (Wildman–Crippen LogP) is 3.80. The smallest absolute Gasteiger partial charge is 0.316 e. The lowest BCUT2D eigenvalue weighted by molar-refractivity contribution is 0.240. The average Bonchev–Trinajstić information content (AvgIpc) is 2.48. The van der Waals surface area contributed by atoms with Gasteiger partial charge >= 0.3 is 6.03 Å². The molecule has 0 spiro atoms. The highest BCUT2D eigenvalue weighted by Crippen LogP contribution is 2.29. The van der Waals surface area contributed by atoms with Gasteiger partial charge in [-0.1, -0.05) is 38.3 Å². The zero-order valence-corrected chi connectivity index (χ0v) is 13.1. The summed E-state index contributed by atoms with van der Waals surface area (Å²) >= 11 is 0. The van der Waals surface area contributed by atoms with E-state index in [-0.39, 0.29) is 0 Å². The van der Waals surface area contributed by atoms with Gasteiger partial charge in [0.25, 0.3) is 0 Å². The number of carbonyl (C=O) groups excluding carboxylic acids is 1. The van der Waals surface area contributed by atoms with Gasteiger partial charge in [-0.2, -0.15) is 0 Å². The summed E-state index contributed by atoms with van der Waals surface area (Å²) in [5.41, 5.74) is 7.09. The van der Waals surface area contributed by atoms with Gasteiger partial charge in [0.1, 0.15) is 0 Å². The molecular weight excluding hydrogens is 262 g/mol. The van der Waals surface area contributed by atoms with Crippen LogP contribution < -0.4 is 16.4 Å². The molecule has 116 valence electrons. The quantitative estimate of drug-likeness (QED) is 0.772. The molecule has 21 heavy (non-hydrogen) atoms. The third-order valence-electron chi connectivity index (χ3n) is 4.58. The van der Waals surface area contributed by atoms with Crippen LogP contribution in [-0.4, -0.2) is 12.1 Å². The largest absolute Gasteiger partial charge is 0.351 e. The molecular formula is C17H27N3O. The fourth-order valence-electron chi connectivity index (χ4n) is 3.33. The molecule has 0 bridgehead atoms. The number of benzene rings is 1. The molecule has 1 aromatic rings. The van der Waals surface area contributed by atoms with Crippen LogP contribution in [-0.2, 0) is 0 Å². The Hall–Kier alpha value is -1.55. The number of nitrogens with two attached hydrogens (primary N) is 1. The Labute approximate surface area is 127 Å². The van der Waals surface area contributed by atoms with Crippen LogP contribution >= 0.6 is 0 Å². The summed E-state index contributed by atoms with van der Waals surface area (Å²) in [6.07, 6.45) is 6.60. The summed E-state index contributed by atoms with van der Waals surface area (Å²) in [6, 6.07) is 8.32. The molecule has 1 aliphatic rings. The van der Waals surface area contributed by atoms with Gasteiger partial charge < -0.3 is 16.4 Å². The zero-order chi connectivity index (χ0) is 15.2. The van der Waals surface area contributed by atoms with E-state index >= 15 is 0 Å².